The summed E-state index contributed by atoms with van der Waals surface area (Å²) in [5.41, 5.74) is 11.5. The lowest BCUT2D eigenvalue weighted by atomic mass is 10.1. The van der Waals surface area contributed by atoms with Gasteiger partial charge in [0.25, 0.3) is 0 Å². The van der Waals surface area contributed by atoms with Crippen LogP contribution in [-0.2, 0) is 24.2 Å². The Morgan fingerprint density at radius 2 is 2.04 bits per heavy atom. The van der Waals surface area contributed by atoms with Crippen molar-refractivity contribution in [3.63, 3.8) is 0 Å². The van der Waals surface area contributed by atoms with Gasteiger partial charge >= 0.3 is 0 Å². The summed E-state index contributed by atoms with van der Waals surface area (Å²) in [5, 5.41) is 9.32. The number of nitriles is 1. The van der Waals surface area contributed by atoms with Gasteiger partial charge in [-0.2, -0.15) is 5.26 Å². The van der Waals surface area contributed by atoms with Crippen molar-refractivity contribution in [2.75, 3.05) is 24.6 Å². The maximum atomic E-state index is 9.32. The van der Waals surface area contributed by atoms with E-state index in [4.69, 9.17) is 10.5 Å². The molecule has 1 aliphatic heterocycles. The van der Waals surface area contributed by atoms with Gasteiger partial charge in [-0.05, 0) is 48.9 Å². The summed E-state index contributed by atoms with van der Waals surface area (Å²) in [6.07, 6.45) is 2.88. The Labute approximate surface area is 156 Å². The van der Waals surface area contributed by atoms with E-state index in [-0.39, 0.29) is 6.04 Å². The van der Waals surface area contributed by atoms with Crippen LogP contribution in [0.1, 0.15) is 35.6 Å². The van der Waals surface area contributed by atoms with Crippen molar-refractivity contribution in [2.24, 2.45) is 5.73 Å². The second kappa shape index (κ2) is 8.84. The van der Waals surface area contributed by atoms with Gasteiger partial charge in [-0.1, -0.05) is 36.4 Å². The van der Waals surface area contributed by atoms with Crippen LogP contribution in [0, 0.1) is 11.3 Å². The molecule has 4 heteroatoms. The number of benzene rings is 2. The van der Waals surface area contributed by atoms with Gasteiger partial charge in [0.05, 0.1) is 17.9 Å². The summed E-state index contributed by atoms with van der Waals surface area (Å²) < 4.78 is 5.86. The number of hydrogen-bond donors (Lipinski definition) is 1. The van der Waals surface area contributed by atoms with Gasteiger partial charge in [-0.25, -0.2) is 0 Å². The minimum atomic E-state index is 0.174. The highest BCUT2D eigenvalue weighted by atomic mass is 16.5. The van der Waals surface area contributed by atoms with E-state index >= 15 is 0 Å². The van der Waals surface area contributed by atoms with Gasteiger partial charge in [-0.15, -0.1) is 0 Å². The molecule has 0 fully saturated rings. The molecule has 0 saturated carbocycles. The van der Waals surface area contributed by atoms with Crippen LogP contribution in [0.5, 0.6) is 0 Å². The van der Waals surface area contributed by atoms with Crippen molar-refractivity contribution in [1.82, 2.24) is 0 Å². The molecule has 2 aromatic carbocycles. The third-order valence-corrected chi connectivity index (χ3v) is 4.74. The summed E-state index contributed by atoms with van der Waals surface area (Å²) in [7, 11) is 0. The van der Waals surface area contributed by atoms with Crippen LogP contribution in [0.2, 0.25) is 0 Å². The molecule has 0 aromatic heterocycles. The van der Waals surface area contributed by atoms with Gasteiger partial charge in [0.1, 0.15) is 6.07 Å². The Balaban J connectivity index is 1.45. The first kappa shape index (κ1) is 18.4. The van der Waals surface area contributed by atoms with Gasteiger partial charge < -0.3 is 15.4 Å². The zero-order valence-corrected chi connectivity index (χ0v) is 15.4. The summed E-state index contributed by atoms with van der Waals surface area (Å²) in [5.74, 6) is 0. The van der Waals surface area contributed by atoms with E-state index in [0.29, 0.717) is 6.61 Å². The molecule has 1 unspecified atom stereocenters. The lowest BCUT2D eigenvalue weighted by molar-refractivity contribution is 0.119. The molecule has 2 aromatic rings. The van der Waals surface area contributed by atoms with Crippen molar-refractivity contribution in [2.45, 2.75) is 38.8 Å². The predicted molar refractivity (Wildman–Crippen MR) is 105 cm³/mol. The first-order chi connectivity index (χ1) is 12.7. The van der Waals surface area contributed by atoms with Gasteiger partial charge in [0, 0.05) is 25.7 Å². The first-order valence-corrected chi connectivity index (χ1v) is 9.35. The van der Waals surface area contributed by atoms with Crippen LogP contribution >= 0.6 is 0 Å². The molecule has 26 heavy (non-hydrogen) atoms. The highest BCUT2D eigenvalue weighted by molar-refractivity contribution is 5.67. The quantitative estimate of drug-likeness (QED) is 0.742. The third-order valence-electron chi connectivity index (χ3n) is 4.74. The smallest absolute Gasteiger partial charge is 0.101 e. The van der Waals surface area contributed by atoms with Crippen LogP contribution in [0.15, 0.2) is 42.5 Å². The van der Waals surface area contributed by atoms with Crippen molar-refractivity contribution >= 4 is 5.69 Å². The third kappa shape index (κ3) is 4.63. The highest BCUT2D eigenvalue weighted by Crippen LogP contribution is 2.31. The van der Waals surface area contributed by atoms with E-state index in [1.54, 1.807) is 0 Å². The predicted octanol–water partition coefficient (Wildman–Crippen LogP) is 3.42. The molecule has 1 heterocycles. The van der Waals surface area contributed by atoms with E-state index in [9.17, 15) is 5.26 Å². The fraction of sp³-hybridized carbons (Fsp3) is 0.409. The molecular weight excluding hydrogens is 322 g/mol. The Bertz CT molecular complexity index is 779. The van der Waals surface area contributed by atoms with Gasteiger partial charge in [0.2, 0.25) is 0 Å². The summed E-state index contributed by atoms with van der Waals surface area (Å²) >= 11 is 0. The number of anilines is 1. The molecule has 0 radical (unpaired) electrons. The van der Waals surface area contributed by atoms with E-state index < -0.39 is 0 Å². The van der Waals surface area contributed by atoms with Crippen LogP contribution in [-0.4, -0.2) is 25.7 Å². The number of nitrogens with two attached hydrogens (primary N) is 1. The van der Waals surface area contributed by atoms with Crippen LogP contribution in [0.25, 0.3) is 0 Å². The Morgan fingerprint density at radius 1 is 1.23 bits per heavy atom. The Morgan fingerprint density at radius 3 is 2.85 bits per heavy atom. The Kier molecular flexibility index (Phi) is 6.27. The maximum Gasteiger partial charge on any atom is 0.101 e. The number of rotatable bonds is 8. The maximum absolute atomic E-state index is 9.32. The van der Waals surface area contributed by atoms with Crippen LogP contribution in [0.4, 0.5) is 5.69 Å². The zero-order valence-electron chi connectivity index (χ0n) is 15.4. The Hall–Kier alpha value is -2.35. The van der Waals surface area contributed by atoms with E-state index in [1.807, 2.05) is 19.1 Å². The topological polar surface area (TPSA) is 62.3 Å². The number of hydrogen-bond acceptors (Lipinski definition) is 4. The molecular formula is C22H27N3O. The van der Waals surface area contributed by atoms with E-state index in [0.717, 1.165) is 50.2 Å². The van der Waals surface area contributed by atoms with Crippen molar-refractivity contribution < 1.29 is 4.74 Å². The van der Waals surface area contributed by atoms with E-state index in [2.05, 4.69) is 41.3 Å². The molecule has 1 aliphatic rings. The molecule has 1 atom stereocenters. The number of para-hydroxylation sites is 1. The largest absolute Gasteiger partial charge is 0.377 e. The highest BCUT2D eigenvalue weighted by Gasteiger charge is 2.21. The summed E-state index contributed by atoms with van der Waals surface area (Å²) in [6.45, 7) is 5.30. The van der Waals surface area contributed by atoms with Crippen molar-refractivity contribution in [3.05, 3.63) is 64.7 Å². The summed E-state index contributed by atoms with van der Waals surface area (Å²) in [6, 6.07) is 17.0. The number of fused-ring (bicyclic) bond motifs is 1. The zero-order chi connectivity index (χ0) is 18.4. The van der Waals surface area contributed by atoms with E-state index in [1.165, 1.54) is 16.7 Å². The standard InChI is InChI=1S/C22H27N3O/c1-17(24)13-18-5-2-6-19(14-18)16-26-12-4-10-25-11-9-20-7-3-8-21(15-23)22(20)25/h2-3,5-8,14,17H,4,9-13,16,24H2,1H3. The average Bonchev–Trinajstić information content (AvgIpc) is 3.04. The summed E-state index contributed by atoms with van der Waals surface area (Å²) in [4.78, 5) is 2.32. The van der Waals surface area contributed by atoms with Gasteiger partial charge in [-0.3, -0.25) is 0 Å². The first-order valence-electron chi connectivity index (χ1n) is 9.35. The van der Waals surface area contributed by atoms with Crippen LogP contribution < -0.4 is 10.6 Å². The lowest BCUT2D eigenvalue weighted by Gasteiger charge is -2.20. The van der Waals surface area contributed by atoms with Crippen molar-refractivity contribution in [3.8, 4) is 6.07 Å². The molecule has 2 N–H and O–H groups in total. The average molecular weight is 349 g/mol. The molecule has 0 aliphatic carbocycles. The second-order valence-corrected chi connectivity index (χ2v) is 7.07. The number of ether oxygens (including phenoxy) is 1. The molecule has 3 rings (SSSR count). The molecule has 0 bridgehead atoms. The normalized spacial score (nSPS) is 14.1. The second-order valence-electron chi connectivity index (χ2n) is 7.07. The lowest BCUT2D eigenvalue weighted by Crippen LogP contribution is -2.23. The molecule has 0 spiro atoms. The SMILES string of the molecule is CC(N)Cc1cccc(COCCCN2CCc3cccc(C#N)c32)c1. The monoisotopic (exact) mass is 349 g/mol. The minimum Gasteiger partial charge on any atom is -0.377 e. The van der Waals surface area contributed by atoms with Crippen LogP contribution in [0.3, 0.4) is 0 Å². The molecule has 4 nitrogen and oxygen atoms in total. The minimum absolute atomic E-state index is 0.174. The fourth-order valence-electron chi connectivity index (χ4n) is 3.61. The molecule has 0 amide bonds. The van der Waals surface area contributed by atoms with Gasteiger partial charge in [0.15, 0.2) is 0 Å². The number of nitrogens with zero attached hydrogens (tertiary/aromatic N) is 2. The molecule has 136 valence electrons. The molecule has 0 saturated heterocycles. The van der Waals surface area contributed by atoms with Crippen molar-refractivity contribution in [1.29, 1.82) is 5.26 Å². The fourth-order valence-corrected chi connectivity index (χ4v) is 3.61.